The Hall–Kier alpha value is -1.39. The van der Waals surface area contributed by atoms with Gasteiger partial charge in [-0.25, -0.2) is 4.98 Å². The van der Waals surface area contributed by atoms with E-state index in [-0.39, 0.29) is 17.3 Å². The Labute approximate surface area is 95.0 Å². The van der Waals surface area contributed by atoms with E-state index in [9.17, 15) is 4.79 Å². The number of hydrogen-bond donors (Lipinski definition) is 2. The summed E-state index contributed by atoms with van der Waals surface area (Å²) in [6, 6.07) is 0. The molecule has 0 unspecified atom stereocenters. The molecule has 5 heteroatoms. The molecule has 2 N–H and O–H groups in total. The van der Waals surface area contributed by atoms with E-state index in [0.29, 0.717) is 5.92 Å². The van der Waals surface area contributed by atoms with Crippen molar-refractivity contribution in [3.63, 3.8) is 0 Å². The molecule has 0 aromatic carbocycles. The van der Waals surface area contributed by atoms with Crippen LogP contribution in [0.2, 0.25) is 0 Å². The molecule has 0 radical (unpaired) electrons. The quantitative estimate of drug-likeness (QED) is 0.812. The van der Waals surface area contributed by atoms with Gasteiger partial charge in [-0.2, -0.15) is 0 Å². The lowest BCUT2D eigenvalue weighted by Gasteiger charge is -2.23. The van der Waals surface area contributed by atoms with Gasteiger partial charge in [-0.3, -0.25) is 9.89 Å². The van der Waals surface area contributed by atoms with Gasteiger partial charge in [-0.05, 0) is 33.1 Å². The van der Waals surface area contributed by atoms with Crippen LogP contribution in [0.3, 0.4) is 0 Å². The predicted molar refractivity (Wildman–Crippen MR) is 60.2 cm³/mol. The number of H-pyrrole nitrogens is 1. The molecule has 0 spiro atoms. The molecule has 16 heavy (non-hydrogen) atoms. The molecule has 1 heterocycles. The van der Waals surface area contributed by atoms with E-state index in [2.05, 4.69) is 20.5 Å². The fraction of sp³-hybridized carbons (Fsp3) is 0.727. The number of aromatic amines is 1. The fourth-order valence-corrected chi connectivity index (χ4v) is 1.37. The first-order chi connectivity index (χ1) is 7.52. The van der Waals surface area contributed by atoms with Gasteiger partial charge in [0, 0.05) is 11.5 Å². The average Bonchev–Trinajstić information content (AvgIpc) is 2.96. The molecular formula is C11H18N4O. The molecule has 1 aliphatic rings. The van der Waals surface area contributed by atoms with Crippen molar-refractivity contribution < 1.29 is 4.79 Å². The molecule has 1 amide bonds. The molecule has 0 saturated heterocycles. The van der Waals surface area contributed by atoms with Gasteiger partial charge in [0.05, 0.1) is 0 Å². The van der Waals surface area contributed by atoms with Crippen LogP contribution >= 0.6 is 0 Å². The SMILES string of the molecule is CCC(C)(C)NC(=O)c1n[nH]c(C2CC2)n1. The Bertz CT molecular complexity index is 392. The van der Waals surface area contributed by atoms with Crippen molar-refractivity contribution in [3.8, 4) is 0 Å². The maximum Gasteiger partial charge on any atom is 0.291 e. The summed E-state index contributed by atoms with van der Waals surface area (Å²) in [5.74, 6) is 1.39. The molecule has 1 saturated carbocycles. The molecule has 5 nitrogen and oxygen atoms in total. The Kier molecular flexibility index (Phi) is 2.69. The van der Waals surface area contributed by atoms with Crippen LogP contribution in [0.15, 0.2) is 0 Å². The van der Waals surface area contributed by atoms with Crippen LogP contribution < -0.4 is 5.32 Å². The Morgan fingerprint density at radius 3 is 2.81 bits per heavy atom. The molecular weight excluding hydrogens is 204 g/mol. The van der Waals surface area contributed by atoms with Crippen molar-refractivity contribution in [1.82, 2.24) is 20.5 Å². The first-order valence-corrected chi connectivity index (χ1v) is 5.76. The summed E-state index contributed by atoms with van der Waals surface area (Å²) in [5, 5.41) is 9.69. The first kappa shape index (κ1) is 11.1. The molecule has 0 atom stereocenters. The third kappa shape index (κ3) is 2.40. The summed E-state index contributed by atoms with van der Waals surface area (Å²) < 4.78 is 0. The van der Waals surface area contributed by atoms with Crippen LogP contribution in [0, 0.1) is 0 Å². The maximum atomic E-state index is 11.8. The number of aromatic nitrogens is 3. The van der Waals surface area contributed by atoms with Gasteiger partial charge in [-0.15, -0.1) is 5.10 Å². The number of nitrogens with zero attached hydrogens (tertiary/aromatic N) is 2. The Morgan fingerprint density at radius 1 is 1.56 bits per heavy atom. The smallest absolute Gasteiger partial charge is 0.291 e. The van der Waals surface area contributed by atoms with Crippen LogP contribution in [0.4, 0.5) is 0 Å². The number of hydrogen-bond acceptors (Lipinski definition) is 3. The van der Waals surface area contributed by atoms with Gasteiger partial charge in [-0.1, -0.05) is 6.92 Å². The summed E-state index contributed by atoms with van der Waals surface area (Å²) in [7, 11) is 0. The lowest BCUT2D eigenvalue weighted by atomic mass is 10.0. The van der Waals surface area contributed by atoms with E-state index in [1.807, 2.05) is 20.8 Å². The summed E-state index contributed by atoms with van der Waals surface area (Å²) in [4.78, 5) is 16.0. The van der Waals surface area contributed by atoms with E-state index < -0.39 is 0 Å². The molecule has 0 bridgehead atoms. The third-order valence-electron chi connectivity index (χ3n) is 3.01. The molecule has 2 rings (SSSR count). The minimum atomic E-state index is -0.211. The summed E-state index contributed by atoms with van der Waals surface area (Å²) in [5.41, 5.74) is -0.211. The van der Waals surface area contributed by atoms with E-state index >= 15 is 0 Å². The minimum Gasteiger partial charge on any atom is -0.344 e. The Balaban J connectivity index is 2.02. The highest BCUT2D eigenvalue weighted by molar-refractivity contribution is 5.90. The molecule has 1 fully saturated rings. The zero-order chi connectivity index (χ0) is 11.8. The monoisotopic (exact) mass is 222 g/mol. The van der Waals surface area contributed by atoms with Gasteiger partial charge in [0.25, 0.3) is 5.91 Å². The molecule has 1 aromatic rings. The fourth-order valence-electron chi connectivity index (χ4n) is 1.37. The van der Waals surface area contributed by atoms with E-state index in [4.69, 9.17) is 0 Å². The van der Waals surface area contributed by atoms with Crippen molar-refractivity contribution in [2.75, 3.05) is 0 Å². The highest BCUT2D eigenvalue weighted by Gasteiger charge is 2.29. The second kappa shape index (κ2) is 3.88. The van der Waals surface area contributed by atoms with Crippen LogP contribution in [0.1, 0.15) is 62.4 Å². The topological polar surface area (TPSA) is 70.7 Å². The van der Waals surface area contributed by atoms with Crippen molar-refractivity contribution in [2.45, 2.75) is 51.5 Å². The van der Waals surface area contributed by atoms with Crippen LogP contribution in [0.25, 0.3) is 0 Å². The van der Waals surface area contributed by atoms with Gasteiger partial charge >= 0.3 is 0 Å². The van der Waals surface area contributed by atoms with Crippen molar-refractivity contribution in [1.29, 1.82) is 0 Å². The largest absolute Gasteiger partial charge is 0.344 e. The summed E-state index contributed by atoms with van der Waals surface area (Å²) in [6.45, 7) is 6.01. The number of carbonyl (C=O) groups excluding carboxylic acids is 1. The third-order valence-corrected chi connectivity index (χ3v) is 3.01. The van der Waals surface area contributed by atoms with Gasteiger partial charge in [0.1, 0.15) is 5.82 Å². The predicted octanol–water partition coefficient (Wildman–Crippen LogP) is 1.60. The van der Waals surface area contributed by atoms with Crippen LogP contribution in [0.5, 0.6) is 0 Å². The van der Waals surface area contributed by atoms with E-state index in [1.54, 1.807) is 0 Å². The maximum absolute atomic E-state index is 11.8. The highest BCUT2D eigenvalue weighted by Crippen LogP contribution is 2.37. The summed E-state index contributed by atoms with van der Waals surface area (Å²) >= 11 is 0. The highest BCUT2D eigenvalue weighted by atomic mass is 16.2. The number of nitrogens with one attached hydrogen (secondary N) is 2. The zero-order valence-electron chi connectivity index (χ0n) is 10.0. The molecule has 1 aliphatic carbocycles. The van der Waals surface area contributed by atoms with Crippen LogP contribution in [-0.4, -0.2) is 26.6 Å². The second-order valence-corrected chi connectivity index (χ2v) is 5.01. The lowest BCUT2D eigenvalue weighted by Crippen LogP contribution is -2.43. The first-order valence-electron chi connectivity index (χ1n) is 5.76. The van der Waals surface area contributed by atoms with Crippen molar-refractivity contribution in [2.24, 2.45) is 0 Å². The summed E-state index contributed by atoms with van der Waals surface area (Å²) in [6.07, 6.45) is 3.17. The van der Waals surface area contributed by atoms with Gasteiger partial charge < -0.3 is 5.32 Å². The standard InChI is InChI=1S/C11H18N4O/c1-4-11(2,3)13-10(16)9-12-8(14-15-9)7-5-6-7/h7H,4-6H2,1-3H3,(H,13,16)(H,12,14,15). The second-order valence-electron chi connectivity index (χ2n) is 5.01. The molecule has 0 aliphatic heterocycles. The van der Waals surface area contributed by atoms with Crippen molar-refractivity contribution in [3.05, 3.63) is 11.6 Å². The van der Waals surface area contributed by atoms with Gasteiger partial charge in [0.2, 0.25) is 5.82 Å². The zero-order valence-corrected chi connectivity index (χ0v) is 10.0. The van der Waals surface area contributed by atoms with E-state index in [0.717, 1.165) is 25.1 Å². The number of carbonyl (C=O) groups is 1. The van der Waals surface area contributed by atoms with Crippen molar-refractivity contribution >= 4 is 5.91 Å². The molecule has 1 aromatic heterocycles. The number of amides is 1. The van der Waals surface area contributed by atoms with Gasteiger partial charge in [0.15, 0.2) is 0 Å². The normalized spacial score (nSPS) is 16.2. The van der Waals surface area contributed by atoms with E-state index in [1.165, 1.54) is 0 Å². The number of rotatable bonds is 4. The molecule has 88 valence electrons. The minimum absolute atomic E-state index is 0.199. The van der Waals surface area contributed by atoms with Crippen LogP contribution in [-0.2, 0) is 0 Å². The average molecular weight is 222 g/mol. The lowest BCUT2D eigenvalue weighted by molar-refractivity contribution is 0.0901. The Morgan fingerprint density at radius 2 is 2.25 bits per heavy atom.